The fourth-order valence-electron chi connectivity index (χ4n) is 5.11. The smallest absolute Gasteiger partial charge is 0.416 e. The number of hydrogen-bond acceptors (Lipinski definition) is 7. The molecule has 4 aromatic rings. The van der Waals surface area contributed by atoms with Crippen LogP contribution in [0.25, 0.3) is 10.9 Å². The monoisotopic (exact) mass is 606 g/mol. The molecule has 0 bridgehead atoms. The first-order chi connectivity index (χ1) is 21.0. The Labute approximate surface area is 253 Å². The van der Waals surface area contributed by atoms with Gasteiger partial charge < -0.3 is 20.3 Å². The molecule has 12 heteroatoms. The van der Waals surface area contributed by atoms with E-state index in [2.05, 4.69) is 32.4 Å². The summed E-state index contributed by atoms with van der Waals surface area (Å²) < 4.78 is 48.3. The van der Waals surface area contributed by atoms with Crippen molar-refractivity contribution < 1.29 is 27.5 Å². The highest BCUT2D eigenvalue weighted by atomic mass is 19.4. The molecular formula is C32H33F3N6O3. The Bertz CT molecular complexity index is 1690. The van der Waals surface area contributed by atoms with Crippen LogP contribution >= 0.6 is 0 Å². The van der Waals surface area contributed by atoms with Crippen molar-refractivity contribution in [3.05, 3.63) is 83.2 Å². The maximum absolute atomic E-state index is 14.1. The fourth-order valence-corrected chi connectivity index (χ4v) is 5.11. The van der Waals surface area contributed by atoms with E-state index in [0.717, 1.165) is 25.7 Å². The lowest BCUT2D eigenvalue weighted by molar-refractivity contribution is -0.138. The van der Waals surface area contributed by atoms with Crippen LogP contribution in [0.1, 0.15) is 40.9 Å². The lowest BCUT2D eigenvalue weighted by Gasteiger charge is -2.34. The van der Waals surface area contributed by atoms with Gasteiger partial charge in [0, 0.05) is 56.6 Å². The van der Waals surface area contributed by atoms with Crippen LogP contribution in [-0.4, -0.2) is 64.3 Å². The van der Waals surface area contributed by atoms with Crippen LogP contribution in [0.4, 0.5) is 24.5 Å². The first kappa shape index (κ1) is 30.9. The van der Waals surface area contributed by atoms with Gasteiger partial charge in [-0.1, -0.05) is 19.1 Å². The average molecular weight is 607 g/mol. The van der Waals surface area contributed by atoms with Crippen molar-refractivity contribution in [1.82, 2.24) is 19.8 Å². The zero-order valence-electron chi connectivity index (χ0n) is 24.7. The van der Waals surface area contributed by atoms with Crippen LogP contribution in [0.3, 0.4) is 0 Å². The lowest BCUT2D eigenvalue weighted by atomic mass is 10.0. The Hall–Kier alpha value is -4.55. The molecule has 0 aliphatic carbocycles. The second kappa shape index (κ2) is 13.0. The van der Waals surface area contributed by atoms with Crippen molar-refractivity contribution in [1.29, 1.82) is 0 Å². The van der Waals surface area contributed by atoms with E-state index in [1.54, 1.807) is 37.3 Å². The van der Waals surface area contributed by atoms with E-state index in [9.17, 15) is 22.8 Å². The van der Waals surface area contributed by atoms with Crippen molar-refractivity contribution in [2.75, 3.05) is 43.4 Å². The van der Waals surface area contributed by atoms with Gasteiger partial charge in [0.25, 0.3) is 5.91 Å². The van der Waals surface area contributed by atoms with E-state index < -0.39 is 17.6 Å². The second-order valence-corrected chi connectivity index (χ2v) is 10.7. The molecule has 1 saturated heterocycles. The zero-order chi connectivity index (χ0) is 31.4. The number of nitrogens with zero attached hydrogens (tertiary/aromatic N) is 4. The number of fused-ring (bicyclic) bond motifs is 1. The summed E-state index contributed by atoms with van der Waals surface area (Å²) in [7, 11) is 0. The number of ether oxygens (including phenoxy) is 1. The third-order valence-electron chi connectivity index (χ3n) is 7.56. The summed E-state index contributed by atoms with van der Waals surface area (Å²) in [5.41, 5.74) is 1.48. The number of amides is 2. The molecule has 1 aliphatic heterocycles. The molecule has 0 spiro atoms. The molecule has 0 atom stereocenters. The van der Waals surface area contributed by atoms with Gasteiger partial charge in [-0.2, -0.15) is 13.2 Å². The molecule has 5 rings (SSSR count). The Morgan fingerprint density at radius 3 is 2.32 bits per heavy atom. The van der Waals surface area contributed by atoms with Crippen molar-refractivity contribution in [2.24, 2.45) is 0 Å². The minimum Gasteiger partial charge on any atom is -0.438 e. The number of anilines is 2. The number of piperazine rings is 1. The molecule has 44 heavy (non-hydrogen) atoms. The fraction of sp³-hybridized carbons (Fsp3) is 0.312. The second-order valence-electron chi connectivity index (χ2n) is 10.7. The number of aryl methyl sites for hydroxylation is 1. The summed E-state index contributed by atoms with van der Waals surface area (Å²) in [4.78, 5) is 37.3. The van der Waals surface area contributed by atoms with E-state index in [1.807, 2.05) is 4.90 Å². The number of carbonyl (C=O) groups excluding carboxylic acids is 2. The van der Waals surface area contributed by atoms with Crippen LogP contribution < -0.4 is 15.4 Å². The van der Waals surface area contributed by atoms with Gasteiger partial charge >= 0.3 is 6.18 Å². The van der Waals surface area contributed by atoms with Crippen LogP contribution in [0.2, 0.25) is 0 Å². The quantitative estimate of drug-likeness (QED) is 0.250. The number of nitrogens with one attached hydrogen (secondary N) is 2. The van der Waals surface area contributed by atoms with Gasteiger partial charge in [-0.05, 0) is 67.1 Å². The van der Waals surface area contributed by atoms with Gasteiger partial charge in [0.1, 0.15) is 12.1 Å². The van der Waals surface area contributed by atoms with Crippen molar-refractivity contribution in [3.8, 4) is 11.6 Å². The third-order valence-corrected chi connectivity index (χ3v) is 7.56. The summed E-state index contributed by atoms with van der Waals surface area (Å²) in [5, 5.41) is 5.89. The first-order valence-corrected chi connectivity index (χ1v) is 14.3. The van der Waals surface area contributed by atoms with E-state index in [4.69, 9.17) is 4.74 Å². The van der Waals surface area contributed by atoms with Crippen molar-refractivity contribution in [3.63, 3.8) is 0 Å². The maximum atomic E-state index is 14.1. The molecule has 0 saturated carbocycles. The predicted molar refractivity (Wildman–Crippen MR) is 162 cm³/mol. The standard InChI is InChI=1S/C32H33F3N6O3/c1-4-40-11-13-41(14-12-40)18-23-7-8-24(16-27(23)32(33,34)35)39-30(43)22-6-5-20(2)29(15-22)44-31-26-10-9-25(38-21(3)42)17-28(26)36-19-37-31/h5-10,15-17,19H,4,11-14,18H2,1-3H3,(H,38,42)(H,39,43). The summed E-state index contributed by atoms with van der Waals surface area (Å²) in [6.07, 6.45) is -3.25. The normalized spacial score (nSPS) is 14.4. The van der Waals surface area contributed by atoms with Gasteiger partial charge in [-0.25, -0.2) is 9.97 Å². The number of rotatable bonds is 8. The number of hydrogen-bond donors (Lipinski definition) is 2. The minimum absolute atomic E-state index is 0.0432. The highest BCUT2D eigenvalue weighted by Gasteiger charge is 2.34. The molecule has 9 nitrogen and oxygen atoms in total. The Kier molecular flexibility index (Phi) is 9.12. The average Bonchev–Trinajstić information content (AvgIpc) is 2.98. The molecule has 2 N–H and O–H groups in total. The van der Waals surface area contributed by atoms with E-state index in [-0.39, 0.29) is 35.1 Å². The Balaban J connectivity index is 1.33. The number of likely N-dealkylation sites (N-methyl/N-ethyl adjacent to an activating group) is 1. The molecule has 230 valence electrons. The molecule has 3 aromatic carbocycles. The predicted octanol–water partition coefficient (Wildman–Crippen LogP) is 6.10. The van der Waals surface area contributed by atoms with Crippen molar-refractivity contribution >= 4 is 34.1 Å². The van der Waals surface area contributed by atoms with E-state index in [1.165, 1.54) is 31.5 Å². The molecule has 0 radical (unpaired) electrons. The largest absolute Gasteiger partial charge is 0.438 e. The van der Waals surface area contributed by atoms with Gasteiger partial charge in [0.05, 0.1) is 16.5 Å². The molecule has 2 heterocycles. The SMILES string of the molecule is CCN1CCN(Cc2ccc(NC(=O)c3ccc(C)c(Oc4ncnc5cc(NC(C)=O)ccc45)c3)cc2C(F)(F)F)CC1. The van der Waals surface area contributed by atoms with E-state index >= 15 is 0 Å². The van der Waals surface area contributed by atoms with Crippen LogP contribution in [0.15, 0.2) is 60.9 Å². The molecule has 1 aromatic heterocycles. The van der Waals surface area contributed by atoms with Crippen LogP contribution in [0.5, 0.6) is 11.6 Å². The summed E-state index contributed by atoms with van der Waals surface area (Å²) in [6, 6.07) is 13.8. The third kappa shape index (κ3) is 7.32. The number of benzene rings is 3. The molecule has 0 unspecified atom stereocenters. The van der Waals surface area contributed by atoms with Crippen LogP contribution in [-0.2, 0) is 17.5 Å². The van der Waals surface area contributed by atoms with Gasteiger partial charge in [-0.3, -0.25) is 14.5 Å². The summed E-state index contributed by atoms with van der Waals surface area (Å²) in [5.74, 6) is -0.212. The minimum atomic E-state index is -4.57. The zero-order valence-corrected chi connectivity index (χ0v) is 24.7. The highest BCUT2D eigenvalue weighted by molar-refractivity contribution is 6.04. The maximum Gasteiger partial charge on any atom is 0.416 e. The molecule has 1 aliphatic rings. The van der Waals surface area contributed by atoms with Crippen molar-refractivity contribution in [2.45, 2.75) is 33.5 Å². The molecule has 2 amide bonds. The highest BCUT2D eigenvalue weighted by Crippen LogP contribution is 2.35. The Morgan fingerprint density at radius 1 is 0.909 bits per heavy atom. The van der Waals surface area contributed by atoms with E-state index in [0.29, 0.717) is 41.0 Å². The van der Waals surface area contributed by atoms with Gasteiger partial charge in [0.15, 0.2) is 0 Å². The topological polar surface area (TPSA) is 99.7 Å². The summed E-state index contributed by atoms with van der Waals surface area (Å²) >= 11 is 0. The number of carbonyl (C=O) groups is 2. The number of aromatic nitrogens is 2. The lowest BCUT2D eigenvalue weighted by Crippen LogP contribution is -2.45. The number of halogens is 3. The number of alkyl halides is 3. The molecular weight excluding hydrogens is 573 g/mol. The first-order valence-electron chi connectivity index (χ1n) is 14.3. The summed E-state index contributed by atoms with van der Waals surface area (Å²) in [6.45, 7) is 9.42. The van der Waals surface area contributed by atoms with Crippen LogP contribution in [0, 0.1) is 6.92 Å². The Morgan fingerprint density at radius 2 is 1.61 bits per heavy atom. The van der Waals surface area contributed by atoms with Gasteiger partial charge in [0.2, 0.25) is 11.8 Å². The van der Waals surface area contributed by atoms with Gasteiger partial charge in [-0.15, -0.1) is 0 Å². The molecule has 1 fully saturated rings.